The molecule has 2 amide bonds. The normalized spacial score (nSPS) is 11.1. The van der Waals surface area contributed by atoms with Crippen LogP contribution in [0.15, 0.2) is 48.5 Å². The molecule has 9 nitrogen and oxygen atoms in total. The van der Waals surface area contributed by atoms with Crippen LogP contribution in [0.25, 0.3) is 0 Å². The highest BCUT2D eigenvalue weighted by Crippen LogP contribution is 2.16. The number of nitrogens with two attached hydrogens (primary N) is 1. The van der Waals surface area contributed by atoms with E-state index in [1.54, 1.807) is 17.0 Å². The molecule has 9 heteroatoms. The Labute approximate surface area is 182 Å². The molecule has 0 atom stereocenters. The number of hydrogen-bond donors (Lipinski definition) is 2. The van der Waals surface area contributed by atoms with Crippen LogP contribution in [0.5, 0.6) is 5.88 Å². The number of methoxy groups -OCH3 is 1. The standard InChI is InChI=1S/C23H16N6O3/c1-14-3-8-19-18(11-14)25-13-29(19)10-9-17-12-20(27-28-23(17)32-2)26-22(31)16-6-4-15(5-7-16)21(24)30/h3-8,11-13H,1-2H3,(H-,24,30)/p+2. The van der Waals surface area contributed by atoms with E-state index in [-0.39, 0.29) is 11.7 Å². The van der Waals surface area contributed by atoms with E-state index in [1.165, 1.54) is 31.4 Å². The summed E-state index contributed by atoms with van der Waals surface area (Å²) in [6.45, 7) is 2.00. The molecule has 0 spiro atoms. The number of hydrogen-bond acceptors (Lipinski definition) is 5. The van der Waals surface area contributed by atoms with Gasteiger partial charge in [-0.15, -0.1) is 10.2 Å². The average molecular weight is 426 g/mol. The first kappa shape index (κ1) is 20.5. The Balaban J connectivity index is 1.61. The van der Waals surface area contributed by atoms with Gasteiger partial charge in [-0.3, -0.25) is 9.59 Å². The van der Waals surface area contributed by atoms with Gasteiger partial charge in [0.15, 0.2) is 5.82 Å². The molecule has 1 aliphatic rings. The van der Waals surface area contributed by atoms with Crippen LogP contribution in [0.2, 0.25) is 0 Å². The molecule has 32 heavy (non-hydrogen) atoms. The largest absolute Gasteiger partial charge is 0.537 e. The van der Waals surface area contributed by atoms with Crippen molar-refractivity contribution in [3.05, 3.63) is 81.5 Å². The van der Waals surface area contributed by atoms with Gasteiger partial charge in [-0.05, 0) is 46.0 Å². The number of rotatable bonds is 4. The van der Waals surface area contributed by atoms with Gasteiger partial charge in [0.05, 0.1) is 12.7 Å². The quantitative estimate of drug-likeness (QED) is 0.327. The van der Waals surface area contributed by atoms with Gasteiger partial charge in [-0.2, -0.15) is 0 Å². The lowest BCUT2D eigenvalue weighted by Gasteiger charge is -2.06. The lowest BCUT2D eigenvalue weighted by Crippen LogP contribution is -2.32. The third kappa shape index (κ3) is 4.21. The van der Waals surface area contributed by atoms with Crippen molar-refractivity contribution < 1.29 is 14.3 Å². The molecule has 0 radical (unpaired) electrons. The number of aromatic nitrogens is 2. The fourth-order valence-corrected chi connectivity index (χ4v) is 2.99. The minimum absolute atomic E-state index is 0.199. The van der Waals surface area contributed by atoms with Crippen LogP contribution >= 0.6 is 0 Å². The molecule has 1 aliphatic heterocycles. The molecule has 0 saturated heterocycles. The first-order valence-corrected chi connectivity index (χ1v) is 9.53. The minimum Gasteiger partial charge on any atom is -0.479 e. The summed E-state index contributed by atoms with van der Waals surface area (Å²) in [6.07, 6.45) is 1.64. The van der Waals surface area contributed by atoms with Crippen LogP contribution in [0, 0.1) is 18.9 Å². The van der Waals surface area contributed by atoms with E-state index >= 15 is 0 Å². The van der Waals surface area contributed by atoms with E-state index in [9.17, 15) is 9.59 Å². The van der Waals surface area contributed by atoms with Crippen molar-refractivity contribution in [1.29, 1.82) is 0 Å². The summed E-state index contributed by atoms with van der Waals surface area (Å²) in [5, 5.41) is 12.3. The second-order valence-electron chi connectivity index (χ2n) is 6.89. The second kappa shape index (κ2) is 8.52. The van der Waals surface area contributed by atoms with Gasteiger partial charge < -0.3 is 15.8 Å². The van der Waals surface area contributed by atoms with E-state index in [4.69, 9.17) is 10.5 Å². The molecule has 3 N–H and O–H groups in total. The van der Waals surface area contributed by atoms with Crippen molar-refractivity contribution in [2.24, 2.45) is 5.73 Å². The van der Waals surface area contributed by atoms with Crippen molar-refractivity contribution in [3.8, 4) is 17.8 Å². The van der Waals surface area contributed by atoms with Crippen LogP contribution in [0.4, 0.5) is 5.82 Å². The summed E-state index contributed by atoms with van der Waals surface area (Å²) in [5.74, 6) is 2.42. The number of benzene rings is 2. The smallest absolute Gasteiger partial charge is 0.479 e. The van der Waals surface area contributed by atoms with Gasteiger partial charge in [0.1, 0.15) is 0 Å². The molecule has 0 unspecified atom stereocenters. The van der Waals surface area contributed by atoms with Gasteiger partial charge >= 0.3 is 17.1 Å². The highest BCUT2D eigenvalue weighted by Gasteiger charge is 2.19. The zero-order chi connectivity index (χ0) is 22.7. The number of nitrogens with one attached hydrogen (secondary N) is 1. The predicted molar refractivity (Wildman–Crippen MR) is 117 cm³/mol. The van der Waals surface area contributed by atoms with Crippen LogP contribution in [-0.2, 0) is 0 Å². The summed E-state index contributed by atoms with van der Waals surface area (Å²) in [7, 11) is 1.46. The van der Waals surface area contributed by atoms with Crippen molar-refractivity contribution in [3.63, 3.8) is 0 Å². The number of fused-ring (bicyclic) bond motifs is 1. The number of nitrogens with zero attached hydrogens (tertiary/aromatic N) is 4. The lowest BCUT2D eigenvalue weighted by molar-refractivity contribution is 0.0995. The molecular formula is C23H18N6O3+2. The molecule has 2 aromatic carbocycles. The summed E-state index contributed by atoms with van der Waals surface area (Å²) in [6, 6.07) is 16.4. The SMILES string of the molecule is COc1nnc(NC(=O)c2ccc(C(N)=O)cc2)cc1C#C[N+]1=c2ccc(C)cc2=[N+]=C1. The summed E-state index contributed by atoms with van der Waals surface area (Å²) in [5.41, 5.74) is 7.42. The Morgan fingerprint density at radius 3 is 2.56 bits per heavy atom. The molecule has 0 saturated carbocycles. The van der Waals surface area contributed by atoms with Crippen molar-refractivity contribution >= 4 is 24.0 Å². The third-order valence-corrected chi connectivity index (χ3v) is 4.64. The van der Waals surface area contributed by atoms with E-state index in [0.717, 1.165) is 16.3 Å². The Bertz CT molecular complexity index is 1480. The fourth-order valence-electron chi connectivity index (χ4n) is 2.99. The minimum atomic E-state index is -0.568. The topological polar surface area (TPSA) is 124 Å². The van der Waals surface area contributed by atoms with E-state index in [1.807, 2.05) is 25.1 Å². The first-order valence-electron chi connectivity index (χ1n) is 9.53. The second-order valence-corrected chi connectivity index (χ2v) is 6.89. The number of carbonyl (C=O) groups is 2. The number of anilines is 1. The van der Waals surface area contributed by atoms with Gasteiger partial charge in [0.25, 0.3) is 5.91 Å². The number of carbonyl (C=O) groups excluding carboxylic acids is 2. The maximum absolute atomic E-state index is 12.5. The molecular weight excluding hydrogens is 408 g/mol. The van der Waals surface area contributed by atoms with Gasteiger partial charge in [0, 0.05) is 35.2 Å². The molecule has 0 fully saturated rings. The van der Waals surface area contributed by atoms with Crippen LogP contribution in [-0.4, -0.2) is 35.5 Å². The van der Waals surface area contributed by atoms with E-state index in [2.05, 4.69) is 32.1 Å². The van der Waals surface area contributed by atoms with E-state index in [0.29, 0.717) is 16.7 Å². The molecule has 1 aromatic heterocycles. The molecule has 4 rings (SSSR count). The highest BCUT2D eigenvalue weighted by molar-refractivity contribution is 6.04. The molecule has 156 valence electrons. The number of aryl methyl sites for hydroxylation is 1. The monoisotopic (exact) mass is 426 g/mol. The number of ether oxygens (including phenoxy) is 1. The van der Waals surface area contributed by atoms with Crippen molar-refractivity contribution in [1.82, 2.24) is 19.4 Å². The Hall–Kier alpha value is -4.80. The molecule has 0 aliphatic carbocycles. The Morgan fingerprint density at radius 1 is 1.09 bits per heavy atom. The predicted octanol–water partition coefficient (Wildman–Crippen LogP) is -0.626. The maximum Gasteiger partial charge on any atom is 0.537 e. The third-order valence-electron chi connectivity index (χ3n) is 4.64. The van der Waals surface area contributed by atoms with Crippen LogP contribution in [0.3, 0.4) is 0 Å². The van der Waals surface area contributed by atoms with Crippen LogP contribution < -0.4 is 35.7 Å². The Kier molecular flexibility index (Phi) is 5.45. The summed E-state index contributed by atoms with van der Waals surface area (Å²) >= 11 is 0. The van der Waals surface area contributed by atoms with Crippen LogP contribution in [0.1, 0.15) is 31.8 Å². The number of primary amides is 1. The molecule has 3 aromatic rings. The molecule has 2 heterocycles. The van der Waals surface area contributed by atoms with Gasteiger partial charge in [-0.25, -0.2) is 0 Å². The fraction of sp³-hybridized carbons (Fsp3) is 0.0870. The zero-order valence-electron chi connectivity index (χ0n) is 17.3. The maximum atomic E-state index is 12.5. The van der Waals surface area contributed by atoms with Gasteiger partial charge in [-0.1, -0.05) is 6.07 Å². The van der Waals surface area contributed by atoms with Gasteiger partial charge in [0.2, 0.25) is 17.8 Å². The van der Waals surface area contributed by atoms with Crippen molar-refractivity contribution in [2.75, 3.05) is 12.4 Å². The first-order chi connectivity index (χ1) is 15.4. The number of amides is 2. The Morgan fingerprint density at radius 2 is 1.84 bits per heavy atom. The molecule has 0 bridgehead atoms. The zero-order valence-corrected chi connectivity index (χ0v) is 17.3. The van der Waals surface area contributed by atoms with Crippen molar-refractivity contribution in [2.45, 2.75) is 6.92 Å². The lowest BCUT2D eigenvalue weighted by atomic mass is 10.1. The highest BCUT2D eigenvalue weighted by atomic mass is 16.5. The average Bonchev–Trinajstić information content (AvgIpc) is 3.19. The summed E-state index contributed by atoms with van der Waals surface area (Å²) in [4.78, 5) is 23.7. The van der Waals surface area contributed by atoms with E-state index < -0.39 is 11.8 Å². The summed E-state index contributed by atoms with van der Waals surface area (Å²) < 4.78 is 11.3.